The van der Waals surface area contributed by atoms with Crippen molar-refractivity contribution in [2.75, 3.05) is 6.54 Å². The zero-order chi connectivity index (χ0) is 20.0. The number of furan rings is 1. The number of alkyl halides is 3. The van der Waals surface area contributed by atoms with Crippen molar-refractivity contribution in [1.29, 1.82) is 0 Å². The highest BCUT2D eigenvalue weighted by Gasteiger charge is 2.37. The Morgan fingerprint density at radius 3 is 2.30 bits per heavy atom. The van der Waals surface area contributed by atoms with Gasteiger partial charge in [0.15, 0.2) is 0 Å². The maximum absolute atomic E-state index is 13.0. The van der Waals surface area contributed by atoms with E-state index in [2.05, 4.69) is 5.32 Å². The van der Waals surface area contributed by atoms with Crippen LogP contribution in [0.4, 0.5) is 13.2 Å². The second-order valence-corrected chi connectivity index (χ2v) is 6.45. The molecule has 5 nitrogen and oxygen atoms in total. The van der Waals surface area contributed by atoms with E-state index in [1.165, 1.54) is 18.4 Å². The Hall–Kier alpha value is -2.77. The number of hydrogen-bond acceptors (Lipinski definition) is 3. The molecule has 2 rings (SSSR count). The molecule has 0 bridgehead atoms. The Balaban J connectivity index is 2.20. The summed E-state index contributed by atoms with van der Waals surface area (Å²) >= 11 is 0. The van der Waals surface area contributed by atoms with Crippen LogP contribution >= 0.6 is 0 Å². The number of carbonyl (C=O) groups excluding carboxylic acids is 2. The van der Waals surface area contributed by atoms with Crippen LogP contribution in [0, 0.1) is 5.92 Å². The Bertz CT molecular complexity index is 743. The van der Waals surface area contributed by atoms with Gasteiger partial charge in [-0.3, -0.25) is 9.59 Å². The Morgan fingerprint density at radius 1 is 1.11 bits per heavy atom. The number of hydrogen-bond donors (Lipinski definition) is 1. The summed E-state index contributed by atoms with van der Waals surface area (Å²) in [6, 6.07) is 10.1. The van der Waals surface area contributed by atoms with E-state index in [4.69, 9.17) is 4.42 Å². The first-order valence-corrected chi connectivity index (χ1v) is 8.41. The fourth-order valence-corrected chi connectivity index (χ4v) is 2.54. The van der Waals surface area contributed by atoms with E-state index in [0.29, 0.717) is 10.5 Å². The summed E-state index contributed by atoms with van der Waals surface area (Å²) in [5, 5.41) is 2.55. The van der Waals surface area contributed by atoms with Gasteiger partial charge in [0.2, 0.25) is 5.91 Å². The highest BCUT2D eigenvalue weighted by Crippen LogP contribution is 2.20. The third-order valence-corrected chi connectivity index (χ3v) is 3.86. The van der Waals surface area contributed by atoms with Crippen molar-refractivity contribution < 1.29 is 27.2 Å². The predicted octanol–water partition coefficient (Wildman–Crippen LogP) is 3.63. The van der Waals surface area contributed by atoms with Gasteiger partial charge in [-0.25, -0.2) is 0 Å². The maximum atomic E-state index is 13.0. The molecule has 0 aliphatic rings. The molecule has 8 heteroatoms. The molecule has 0 aliphatic carbocycles. The van der Waals surface area contributed by atoms with Crippen LogP contribution in [-0.4, -0.2) is 35.5 Å². The Kier molecular flexibility index (Phi) is 6.65. The van der Waals surface area contributed by atoms with Crippen molar-refractivity contribution in [1.82, 2.24) is 10.2 Å². The number of amides is 2. The molecule has 1 aromatic heterocycles. The third-order valence-electron chi connectivity index (χ3n) is 3.86. The standard InChI is InChI=1S/C19H21F3N2O3/c1-13(2)16(23-17(25)14-7-4-3-5-8-14)18(26)24(12-19(20,21)22)11-15-9-6-10-27-15/h3-10,13,16H,11-12H2,1-2H3,(H,23,25)/t16-/m0/s1. The first-order chi connectivity index (χ1) is 12.7. The van der Waals surface area contributed by atoms with Crippen LogP contribution in [0.2, 0.25) is 0 Å². The predicted molar refractivity (Wildman–Crippen MR) is 92.7 cm³/mol. The van der Waals surface area contributed by atoms with Crippen LogP contribution < -0.4 is 5.32 Å². The van der Waals surface area contributed by atoms with Crippen molar-refractivity contribution in [3.63, 3.8) is 0 Å². The normalized spacial score (nSPS) is 12.7. The summed E-state index contributed by atoms with van der Waals surface area (Å²) in [6.45, 7) is 1.55. The molecule has 1 atom stereocenters. The lowest BCUT2D eigenvalue weighted by Gasteiger charge is -2.30. The molecule has 0 aliphatic heterocycles. The van der Waals surface area contributed by atoms with Crippen LogP contribution in [-0.2, 0) is 11.3 Å². The van der Waals surface area contributed by atoms with Gasteiger partial charge in [0.1, 0.15) is 18.3 Å². The highest BCUT2D eigenvalue weighted by atomic mass is 19.4. The topological polar surface area (TPSA) is 62.6 Å². The number of nitrogens with one attached hydrogen (secondary N) is 1. The second-order valence-electron chi connectivity index (χ2n) is 6.45. The van der Waals surface area contributed by atoms with Gasteiger partial charge in [-0.05, 0) is 30.2 Å². The fraction of sp³-hybridized carbons (Fsp3) is 0.368. The summed E-state index contributed by atoms with van der Waals surface area (Å²) < 4.78 is 44.0. The molecule has 1 N–H and O–H groups in total. The van der Waals surface area contributed by atoms with Gasteiger partial charge in [0.25, 0.3) is 5.91 Å². The van der Waals surface area contributed by atoms with Crippen LogP contribution in [0.3, 0.4) is 0 Å². The molecule has 0 unspecified atom stereocenters. The minimum atomic E-state index is -4.58. The molecule has 2 amide bonds. The second kappa shape index (κ2) is 8.75. The SMILES string of the molecule is CC(C)[C@H](NC(=O)c1ccccc1)C(=O)N(Cc1ccco1)CC(F)(F)F. The van der Waals surface area contributed by atoms with E-state index in [0.717, 1.165) is 0 Å². The highest BCUT2D eigenvalue weighted by molar-refractivity contribution is 5.97. The molecule has 1 aromatic carbocycles. The summed E-state index contributed by atoms with van der Waals surface area (Å²) in [4.78, 5) is 25.8. The lowest BCUT2D eigenvalue weighted by Crippen LogP contribution is -2.52. The monoisotopic (exact) mass is 382 g/mol. The molecular formula is C19H21F3N2O3. The molecular weight excluding hydrogens is 361 g/mol. The van der Waals surface area contributed by atoms with E-state index in [-0.39, 0.29) is 12.3 Å². The molecule has 0 saturated carbocycles. The van der Waals surface area contributed by atoms with Crippen molar-refractivity contribution >= 4 is 11.8 Å². The molecule has 2 aromatic rings. The lowest BCUT2D eigenvalue weighted by molar-refractivity contribution is -0.164. The maximum Gasteiger partial charge on any atom is 0.406 e. The van der Waals surface area contributed by atoms with Crippen molar-refractivity contribution in [3.8, 4) is 0 Å². The smallest absolute Gasteiger partial charge is 0.406 e. The summed E-state index contributed by atoms with van der Waals surface area (Å²) in [6.07, 6.45) is -3.25. The molecule has 146 valence electrons. The van der Waals surface area contributed by atoms with Crippen molar-refractivity contribution in [2.45, 2.75) is 32.6 Å². The van der Waals surface area contributed by atoms with E-state index in [9.17, 15) is 22.8 Å². The van der Waals surface area contributed by atoms with Gasteiger partial charge >= 0.3 is 6.18 Å². The largest absolute Gasteiger partial charge is 0.467 e. The number of halogens is 3. The zero-order valence-electron chi connectivity index (χ0n) is 15.0. The molecule has 1 heterocycles. The van der Waals surface area contributed by atoms with Crippen LogP contribution in [0.15, 0.2) is 53.1 Å². The molecule has 0 fully saturated rings. The quantitative estimate of drug-likeness (QED) is 0.796. The Labute approximate surface area is 155 Å². The molecule has 0 radical (unpaired) electrons. The first-order valence-electron chi connectivity index (χ1n) is 8.41. The Morgan fingerprint density at radius 2 is 1.78 bits per heavy atom. The lowest BCUT2D eigenvalue weighted by atomic mass is 10.0. The summed E-state index contributed by atoms with van der Waals surface area (Å²) in [7, 11) is 0. The van der Waals surface area contributed by atoms with Crippen molar-refractivity contribution in [2.24, 2.45) is 5.92 Å². The molecule has 0 saturated heterocycles. The molecule has 27 heavy (non-hydrogen) atoms. The fourth-order valence-electron chi connectivity index (χ4n) is 2.54. The third kappa shape index (κ3) is 6.16. The van der Waals surface area contributed by atoms with Crippen LogP contribution in [0.5, 0.6) is 0 Å². The van der Waals surface area contributed by atoms with Gasteiger partial charge < -0.3 is 14.6 Å². The zero-order valence-corrected chi connectivity index (χ0v) is 15.0. The van der Waals surface area contributed by atoms with Gasteiger partial charge in [-0.2, -0.15) is 13.2 Å². The number of carbonyl (C=O) groups is 2. The van der Waals surface area contributed by atoms with E-state index in [1.807, 2.05) is 0 Å². The van der Waals surface area contributed by atoms with Crippen LogP contribution in [0.25, 0.3) is 0 Å². The minimum Gasteiger partial charge on any atom is -0.467 e. The van der Waals surface area contributed by atoms with Gasteiger partial charge in [-0.15, -0.1) is 0 Å². The molecule has 0 spiro atoms. The van der Waals surface area contributed by atoms with Gasteiger partial charge in [0, 0.05) is 5.56 Å². The first kappa shape index (κ1) is 20.5. The average molecular weight is 382 g/mol. The van der Waals surface area contributed by atoms with E-state index >= 15 is 0 Å². The summed E-state index contributed by atoms with van der Waals surface area (Å²) in [5.74, 6) is -1.52. The average Bonchev–Trinajstić information content (AvgIpc) is 3.10. The van der Waals surface area contributed by atoms with E-state index < -0.39 is 36.5 Å². The number of benzene rings is 1. The van der Waals surface area contributed by atoms with Crippen molar-refractivity contribution in [3.05, 3.63) is 60.1 Å². The van der Waals surface area contributed by atoms with Gasteiger partial charge in [0.05, 0.1) is 12.8 Å². The van der Waals surface area contributed by atoms with Crippen LogP contribution in [0.1, 0.15) is 30.0 Å². The number of nitrogens with zero attached hydrogens (tertiary/aromatic N) is 1. The van der Waals surface area contributed by atoms with E-state index in [1.54, 1.807) is 44.2 Å². The number of rotatable bonds is 7. The summed E-state index contributed by atoms with van der Waals surface area (Å²) in [5.41, 5.74) is 0.323. The minimum absolute atomic E-state index is 0.226. The van der Waals surface area contributed by atoms with Gasteiger partial charge in [-0.1, -0.05) is 32.0 Å².